The van der Waals surface area contributed by atoms with Crippen LogP contribution in [0.1, 0.15) is 64.8 Å². The van der Waals surface area contributed by atoms with Crippen LogP contribution in [0.25, 0.3) is 10.8 Å². The summed E-state index contributed by atoms with van der Waals surface area (Å²) in [6, 6.07) is 13.5. The predicted molar refractivity (Wildman–Crippen MR) is 124 cm³/mol. The van der Waals surface area contributed by atoms with Gasteiger partial charge in [-0.1, -0.05) is 63.6 Å². The highest BCUT2D eigenvalue weighted by atomic mass is 32.1. The number of anilines is 1. The summed E-state index contributed by atoms with van der Waals surface area (Å²) in [7, 11) is 0. The van der Waals surface area contributed by atoms with Crippen LogP contribution in [-0.2, 0) is 12.8 Å². The summed E-state index contributed by atoms with van der Waals surface area (Å²) in [6.45, 7) is 6.86. The minimum atomic E-state index is -0.464. The molecule has 0 aliphatic heterocycles. The van der Waals surface area contributed by atoms with E-state index in [1.807, 2.05) is 42.5 Å². The Labute approximate surface area is 181 Å². The van der Waals surface area contributed by atoms with E-state index >= 15 is 0 Å². The summed E-state index contributed by atoms with van der Waals surface area (Å²) in [6.07, 6.45) is 3.93. The number of primary amides is 1. The Hall–Kier alpha value is -2.66. The molecule has 0 spiro atoms. The fourth-order valence-electron chi connectivity index (χ4n) is 4.48. The summed E-state index contributed by atoms with van der Waals surface area (Å²) < 4.78 is 0. The van der Waals surface area contributed by atoms with Crippen LogP contribution in [0.2, 0.25) is 0 Å². The van der Waals surface area contributed by atoms with E-state index in [4.69, 9.17) is 5.73 Å². The van der Waals surface area contributed by atoms with E-state index in [9.17, 15) is 9.59 Å². The van der Waals surface area contributed by atoms with E-state index in [2.05, 4.69) is 26.1 Å². The fraction of sp³-hybridized carbons (Fsp3) is 0.360. The maximum absolute atomic E-state index is 13.1. The molecular weight excluding hydrogens is 392 g/mol. The lowest BCUT2D eigenvalue weighted by molar-refractivity contribution is 0.0999. The molecule has 0 saturated heterocycles. The normalized spacial score (nSPS) is 16.3. The molecule has 0 fully saturated rings. The van der Waals surface area contributed by atoms with Gasteiger partial charge in [-0.2, -0.15) is 0 Å². The molecule has 0 bridgehead atoms. The average Bonchev–Trinajstić information content (AvgIpc) is 3.10. The Bertz CT molecular complexity index is 1120. The molecule has 2 amide bonds. The van der Waals surface area contributed by atoms with Crippen LogP contribution in [0, 0.1) is 11.3 Å². The molecule has 1 aliphatic carbocycles. The van der Waals surface area contributed by atoms with Crippen LogP contribution < -0.4 is 11.1 Å². The molecule has 1 heterocycles. The van der Waals surface area contributed by atoms with Crippen LogP contribution in [0.5, 0.6) is 0 Å². The summed E-state index contributed by atoms with van der Waals surface area (Å²) in [5.74, 6) is -0.108. The van der Waals surface area contributed by atoms with Gasteiger partial charge in [0.25, 0.3) is 11.8 Å². The molecule has 30 heavy (non-hydrogen) atoms. The Morgan fingerprint density at radius 1 is 1.17 bits per heavy atom. The highest BCUT2D eigenvalue weighted by Crippen LogP contribution is 2.45. The van der Waals surface area contributed by atoms with Gasteiger partial charge in [0.15, 0.2) is 0 Å². The lowest BCUT2D eigenvalue weighted by Gasteiger charge is -2.36. The number of carbonyl (C=O) groups is 2. The Morgan fingerprint density at radius 2 is 1.90 bits per heavy atom. The van der Waals surface area contributed by atoms with Crippen LogP contribution in [-0.4, -0.2) is 11.8 Å². The van der Waals surface area contributed by atoms with Gasteiger partial charge in [0.2, 0.25) is 0 Å². The second-order valence-electron chi connectivity index (χ2n) is 8.83. The van der Waals surface area contributed by atoms with Crippen molar-refractivity contribution in [2.24, 2.45) is 17.1 Å². The molecule has 0 saturated carbocycles. The predicted octanol–water partition coefficient (Wildman–Crippen LogP) is 5.79. The van der Waals surface area contributed by atoms with E-state index in [1.165, 1.54) is 16.2 Å². The van der Waals surface area contributed by atoms with E-state index in [-0.39, 0.29) is 11.3 Å². The van der Waals surface area contributed by atoms with Gasteiger partial charge < -0.3 is 11.1 Å². The maximum Gasteiger partial charge on any atom is 0.256 e. The van der Waals surface area contributed by atoms with Crippen LogP contribution >= 0.6 is 11.3 Å². The lowest BCUT2D eigenvalue weighted by Crippen LogP contribution is -2.29. The molecule has 1 aromatic heterocycles. The molecule has 4 rings (SSSR count). The molecule has 1 aliphatic rings. The first kappa shape index (κ1) is 20.6. The second-order valence-corrected chi connectivity index (χ2v) is 9.94. The zero-order chi connectivity index (χ0) is 21.5. The molecule has 1 atom stereocenters. The summed E-state index contributed by atoms with van der Waals surface area (Å²) in [5, 5.41) is 5.49. The summed E-state index contributed by atoms with van der Waals surface area (Å²) in [5.41, 5.74) is 8.13. The second kappa shape index (κ2) is 7.88. The number of nitrogens with two attached hydrogens (primary N) is 1. The lowest BCUT2D eigenvalue weighted by atomic mass is 9.69. The third-order valence-corrected chi connectivity index (χ3v) is 7.96. The van der Waals surface area contributed by atoms with Crippen LogP contribution in [0.3, 0.4) is 0 Å². The summed E-state index contributed by atoms with van der Waals surface area (Å²) >= 11 is 1.52. The summed E-state index contributed by atoms with van der Waals surface area (Å²) in [4.78, 5) is 26.6. The van der Waals surface area contributed by atoms with Gasteiger partial charge in [-0.3, -0.25) is 9.59 Å². The van der Waals surface area contributed by atoms with Crippen LogP contribution in [0.15, 0.2) is 42.5 Å². The number of hydrogen-bond donors (Lipinski definition) is 2. The first-order valence-electron chi connectivity index (χ1n) is 10.5. The van der Waals surface area contributed by atoms with Gasteiger partial charge >= 0.3 is 0 Å². The number of thiophene rings is 1. The molecule has 5 heteroatoms. The van der Waals surface area contributed by atoms with Crippen LogP contribution in [0.4, 0.5) is 5.00 Å². The maximum atomic E-state index is 13.1. The SMILES string of the molecule is CCC(C)(C)C1CCc2c(sc(NC(=O)c3cccc4ccccc34)c2C(N)=O)C1. The average molecular weight is 421 g/mol. The number of benzene rings is 2. The number of carbonyl (C=O) groups excluding carboxylic acids is 2. The number of rotatable bonds is 5. The molecule has 3 aromatic rings. The number of hydrogen-bond acceptors (Lipinski definition) is 3. The third-order valence-electron chi connectivity index (χ3n) is 6.79. The van der Waals surface area contributed by atoms with Crippen molar-refractivity contribution in [1.29, 1.82) is 0 Å². The zero-order valence-electron chi connectivity index (χ0n) is 17.7. The number of nitrogens with one attached hydrogen (secondary N) is 1. The van der Waals surface area contributed by atoms with Gasteiger partial charge in [0.1, 0.15) is 5.00 Å². The van der Waals surface area contributed by atoms with Gasteiger partial charge in [-0.15, -0.1) is 11.3 Å². The minimum absolute atomic E-state index is 0.210. The largest absolute Gasteiger partial charge is 0.365 e. The van der Waals surface area contributed by atoms with Crippen molar-refractivity contribution in [1.82, 2.24) is 0 Å². The Morgan fingerprint density at radius 3 is 2.63 bits per heavy atom. The molecule has 3 N–H and O–H groups in total. The molecular formula is C25H28N2O2S. The highest BCUT2D eigenvalue weighted by Gasteiger charge is 2.35. The molecule has 4 nitrogen and oxygen atoms in total. The topological polar surface area (TPSA) is 72.2 Å². The molecule has 2 aromatic carbocycles. The first-order valence-corrected chi connectivity index (χ1v) is 11.4. The molecule has 156 valence electrons. The minimum Gasteiger partial charge on any atom is -0.365 e. The standard InChI is InChI=1S/C25H28N2O2S/c1-4-25(2,3)16-12-13-19-20(14-16)30-24(21(19)22(26)28)27-23(29)18-11-7-9-15-8-5-6-10-17(15)18/h5-11,16H,4,12-14H2,1-3H3,(H2,26,28)(H,27,29). The first-order chi connectivity index (χ1) is 14.3. The van der Waals surface area contributed by atoms with Gasteiger partial charge in [0, 0.05) is 10.4 Å². The number of amides is 2. The fourth-order valence-corrected chi connectivity index (χ4v) is 5.81. The van der Waals surface area contributed by atoms with Crippen molar-refractivity contribution < 1.29 is 9.59 Å². The third kappa shape index (κ3) is 3.63. The molecule has 1 unspecified atom stereocenters. The van der Waals surface area contributed by atoms with Crippen molar-refractivity contribution in [2.45, 2.75) is 46.5 Å². The van der Waals surface area contributed by atoms with Gasteiger partial charge in [-0.25, -0.2) is 0 Å². The van der Waals surface area contributed by atoms with Crippen molar-refractivity contribution in [2.75, 3.05) is 5.32 Å². The number of fused-ring (bicyclic) bond motifs is 2. The molecule has 0 radical (unpaired) electrons. The van der Waals surface area contributed by atoms with E-state index in [1.54, 1.807) is 0 Å². The van der Waals surface area contributed by atoms with Crippen molar-refractivity contribution in [3.63, 3.8) is 0 Å². The van der Waals surface area contributed by atoms with Crippen molar-refractivity contribution in [3.05, 3.63) is 64.0 Å². The van der Waals surface area contributed by atoms with E-state index in [0.29, 0.717) is 22.0 Å². The monoisotopic (exact) mass is 420 g/mol. The zero-order valence-corrected chi connectivity index (χ0v) is 18.6. The van der Waals surface area contributed by atoms with Crippen molar-refractivity contribution in [3.8, 4) is 0 Å². The smallest absolute Gasteiger partial charge is 0.256 e. The van der Waals surface area contributed by atoms with E-state index in [0.717, 1.165) is 42.0 Å². The Kier molecular flexibility index (Phi) is 5.41. The van der Waals surface area contributed by atoms with Gasteiger partial charge in [0.05, 0.1) is 5.56 Å². The Balaban J connectivity index is 1.68. The van der Waals surface area contributed by atoms with E-state index < -0.39 is 5.91 Å². The highest BCUT2D eigenvalue weighted by molar-refractivity contribution is 7.17. The van der Waals surface area contributed by atoms with Crippen molar-refractivity contribution >= 4 is 38.9 Å². The quantitative estimate of drug-likeness (QED) is 0.548. The van der Waals surface area contributed by atoms with Gasteiger partial charge in [-0.05, 0) is 53.0 Å².